The third-order valence-corrected chi connectivity index (χ3v) is 3.30. The number of amides is 2. The van der Waals surface area contributed by atoms with Gasteiger partial charge in [-0.15, -0.1) is 5.10 Å². The van der Waals surface area contributed by atoms with E-state index in [-0.39, 0.29) is 30.3 Å². The second-order valence-electron chi connectivity index (χ2n) is 4.71. The molecule has 0 radical (unpaired) electrons. The Balaban J connectivity index is 1.51. The van der Waals surface area contributed by atoms with E-state index in [1.807, 2.05) is 0 Å². The largest absolute Gasteiger partial charge is 0.304 e. The number of aromatic nitrogens is 3. The molecule has 0 bridgehead atoms. The Morgan fingerprint density at radius 1 is 1.39 bits per heavy atom. The Hall–Kier alpha value is -1.76. The minimum atomic E-state index is -0.360. The van der Waals surface area contributed by atoms with Gasteiger partial charge in [0.1, 0.15) is 0 Å². The highest BCUT2D eigenvalue weighted by atomic mass is 16.2. The number of nitrogens with zero attached hydrogens (tertiary/aromatic N) is 4. The van der Waals surface area contributed by atoms with Crippen molar-refractivity contribution in [1.82, 2.24) is 25.2 Å². The zero-order chi connectivity index (χ0) is 12.5. The van der Waals surface area contributed by atoms with E-state index in [2.05, 4.69) is 15.6 Å². The van der Waals surface area contributed by atoms with E-state index < -0.39 is 0 Å². The number of rotatable bonds is 5. The Morgan fingerprint density at radius 3 is 2.89 bits per heavy atom. The van der Waals surface area contributed by atoms with Crippen LogP contribution in [0.4, 0.5) is 0 Å². The van der Waals surface area contributed by atoms with Crippen LogP contribution in [-0.4, -0.2) is 50.3 Å². The van der Waals surface area contributed by atoms with Gasteiger partial charge in [0.05, 0.1) is 25.2 Å². The number of carbonyl (C=O) groups is 2. The van der Waals surface area contributed by atoms with Crippen LogP contribution in [0.3, 0.4) is 0 Å². The summed E-state index contributed by atoms with van der Waals surface area (Å²) in [5, 5.41) is 10.6. The summed E-state index contributed by atoms with van der Waals surface area (Å²) in [6.07, 6.45) is 5.58. The van der Waals surface area contributed by atoms with Gasteiger partial charge in [-0.1, -0.05) is 5.21 Å². The molecule has 0 aromatic carbocycles. The molecule has 96 valence electrons. The maximum Gasteiger partial charge on any atom is 0.247 e. The third kappa shape index (κ3) is 2.13. The first kappa shape index (κ1) is 11.3. The van der Waals surface area contributed by atoms with Crippen LogP contribution in [0.5, 0.6) is 0 Å². The lowest BCUT2D eigenvalue weighted by atomic mass is 10.2. The van der Waals surface area contributed by atoms with Gasteiger partial charge in [0.15, 0.2) is 0 Å². The fourth-order valence-electron chi connectivity index (χ4n) is 2.23. The summed E-state index contributed by atoms with van der Waals surface area (Å²) >= 11 is 0. The Bertz CT molecular complexity index is 454. The van der Waals surface area contributed by atoms with Crippen LogP contribution in [0, 0.1) is 0 Å². The highest BCUT2D eigenvalue weighted by Gasteiger charge is 2.45. The van der Waals surface area contributed by atoms with E-state index in [1.54, 1.807) is 17.1 Å². The van der Waals surface area contributed by atoms with Crippen molar-refractivity contribution < 1.29 is 9.59 Å². The Morgan fingerprint density at radius 2 is 2.22 bits per heavy atom. The first-order valence-electron chi connectivity index (χ1n) is 6.19. The number of imide groups is 1. The molecular weight excluding hydrogens is 234 g/mol. The molecule has 2 aliphatic rings. The highest BCUT2D eigenvalue weighted by Crippen LogP contribution is 2.31. The summed E-state index contributed by atoms with van der Waals surface area (Å²) in [6, 6.07) is -0.186. The predicted octanol–water partition coefficient (Wildman–Crippen LogP) is -0.842. The van der Waals surface area contributed by atoms with E-state index in [9.17, 15) is 9.59 Å². The minimum Gasteiger partial charge on any atom is -0.304 e. The summed E-state index contributed by atoms with van der Waals surface area (Å²) in [5.74, 6) is -0.109. The van der Waals surface area contributed by atoms with Crippen molar-refractivity contribution in [3.63, 3.8) is 0 Å². The number of carbonyl (C=O) groups excluding carboxylic acids is 2. The highest BCUT2D eigenvalue weighted by molar-refractivity contribution is 6.06. The molecule has 3 rings (SSSR count). The van der Waals surface area contributed by atoms with Gasteiger partial charge in [-0.3, -0.25) is 19.2 Å². The normalized spacial score (nSPS) is 24.0. The van der Waals surface area contributed by atoms with Gasteiger partial charge in [-0.2, -0.15) is 0 Å². The smallest absolute Gasteiger partial charge is 0.247 e. The quantitative estimate of drug-likeness (QED) is 0.688. The molecule has 1 saturated carbocycles. The molecule has 1 saturated heterocycles. The standard InChI is InChI=1S/C11H15N5O2/c17-10-7-9(11(18)16(10)8-1-2-8)12-3-5-15-6-4-13-14-15/h4,6,8-9,12H,1-3,5,7H2. The Kier molecular flexibility index (Phi) is 2.83. The average Bonchev–Trinajstić information content (AvgIpc) is 2.95. The van der Waals surface area contributed by atoms with Crippen LogP contribution >= 0.6 is 0 Å². The molecule has 0 spiro atoms. The van der Waals surface area contributed by atoms with Gasteiger partial charge in [-0.05, 0) is 12.8 Å². The van der Waals surface area contributed by atoms with E-state index in [4.69, 9.17) is 0 Å². The maximum atomic E-state index is 12.0. The molecule has 7 heteroatoms. The van der Waals surface area contributed by atoms with Crippen molar-refractivity contribution in [1.29, 1.82) is 0 Å². The van der Waals surface area contributed by atoms with Gasteiger partial charge in [0, 0.05) is 18.8 Å². The van der Waals surface area contributed by atoms with Gasteiger partial charge in [0.2, 0.25) is 11.8 Å². The van der Waals surface area contributed by atoms with Crippen molar-refractivity contribution in [2.45, 2.75) is 37.9 Å². The molecule has 1 atom stereocenters. The molecule has 2 amide bonds. The summed E-state index contributed by atoms with van der Waals surface area (Å²) < 4.78 is 1.69. The van der Waals surface area contributed by atoms with E-state index in [0.717, 1.165) is 12.8 Å². The van der Waals surface area contributed by atoms with Crippen molar-refractivity contribution >= 4 is 11.8 Å². The van der Waals surface area contributed by atoms with Crippen LogP contribution in [0.2, 0.25) is 0 Å². The molecule has 18 heavy (non-hydrogen) atoms. The summed E-state index contributed by atoms with van der Waals surface area (Å²) in [7, 11) is 0. The average molecular weight is 249 g/mol. The summed E-state index contributed by atoms with van der Waals surface area (Å²) in [4.78, 5) is 25.1. The molecule has 1 unspecified atom stereocenters. The Labute approximate surface area is 104 Å². The van der Waals surface area contributed by atoms with E-state index in [0.29, 0.717) is 13.1 Å². The second kappa shape index (κ2) is 4.49. The van der Waals surface area contributed by atoms with Crippen molar-refractivity contribution in [2.24, 2.45) is 0 Å². The maximum absolute atomic E-state index is 12.0. The molecular formula is C11H15N5O2. The number of nitrogens with one attached hydrogen (secondary N) is 1. The number of likely N-dealkylation sites (tertiary alicyclic amines) is 1. The van der Waals surface area contributed by atoms with Crippen molar-refractivity contribution in [3.05, 3.63) is 12.4 Å². The monoisotopic (exact) mass is 249 g/mol. The molecule has 7 nitrogen and oxygen atoms in total. The molecule has 2 heterocycles. The zero-order valence-electron chi connectivity index (χ0n) is 9.95. The van der Waals surface area contributed by atoms with Crippen LogP contribution in [0.15, 0.2) is 12.4 Å². The van der Waals surface area contributed by atoms with Gasteiger partial charge in [-0.25, -0.2) is 0 Å². The van der Waals surface area contributed by atoms with Crippen molar-refractivity contribution in [3.8, 4) is 0 Å². The molecule has 1 N–H and O–H groups in total. The lowest BCUT2D eigenvalue weighted by Gasteiger charge is -2.14. The topological polar surface area (TPSA) is 80.1 Å². The fourth-order valence-corrected chi connectivity index (χ4v) is 2.23. The van der Waals surface area contributed by atoms with Gasteiger partial charge in [0.25, 0.3) is 0 Å². The fraction of sp³-hybridized carbons (Fsp3) is 0.636. The van der Waals surface area contributed by atoms with Gasteiger partial charge < -0.3 is 5.32 Å². The minimum absolute atomic E-state index is 0.0410. The van der Waals surface area contributed by atoms with Crippen LogP contribution in [0.1, 0.15) is 19.3 Å². The first-order chi connectivity index (χ1) is 8.75. The number of hydrogen-bond acceptors (Lipinski definition) is 5. The molecule has 1 aliphatic carbocycles. The summed E-state index contributed by atoms with van der Waals surface area (Å²) in [5.41, 5.74) is 0. The van der Waals surface area contributed by atoms with E-state index in [1.165, 1.54) is 4.90 Å². The van der Waals surface area contributed by atoms with Crippen molar-refractivity contribution in [2.75, 3.05) is 6.54 Å². The van der Waals surface area contributed by atoms with E-state index >= 15 is 0 Å². The molecule has 1 aromatic heterocycles. The number of hydrogen-bond donors (Lipinski definition) is 1. The van der Waals surface area contributed by atoms with Gasteiger partial charge >= 0.3 is 0 Å². The zero-order valence-corrected chi connectivity index (χ0v) is 9.95. The lowest BCUT2D eigenvalue weighted by molar-refractivity contribution is -0.139. The molecule has 1 aliphatic heterocycles. The first-order valence-corrected chi connectivity index (χ1v) is 6.19. The lowest BCUT2D eigenvalue weighted by Crippen LogP contribution is -2.40. The SMILES string of the molecule is O=C1CC(NCCn2ccnn2)C(=O)N1C1CC1. The van der Waals surface area contributed by atoms with Crippen LogP contribution in [-0.2, 0) is 16.1 Å². The summed E-state index contributed by atoms with van der Waals surface area (Å²) in [6.45, 7) is 1.24. The predicted molar refractivity (Wildman–Crippen MR) is 61.3 cm³/mol. The molecule has 1 aromatic rings. The van der Waals surface area contributed by atoms with Crippen LogP contribution < -0.4 is 5.32 Å². The third-order valence-electron chi connectivity index (χ3n) is 3.30. The molecule has 2 fully saturated rings. The van der Waals surface area contributed by atoms with Crippen LogP contribution in [0.25, 0.3) is 0 Å². The second-order valence-corrected chi connectivity index (χ2v) is 4.71.